The average Bonchev–Trinajstić information content (AvgIpc) is 2.95. The van der Waals surface area contributed by atoms with E-state index in [0.717, 1.165) is 18.4 Å². The first-order valence-corrected chi connectivity index (χ1v) is 7.20. The number of thiophene rings is 1. The van der Waals surface area contributed by atoms with Crippen molar-refractivity contribution in [2.75, 3.05) is 0 Å². The van der Waals surface area contributed by atoms with Gasteiger partial charge in [-0.05, 0) is 35.2 Å². The minimum atomic E-state index is -1.17. The molecule has 1 amide bonds. The van der Waals surface area contributed by atoms with Gasteiger partial charge in [-0.1, -0.05) is 0 Å². The standard InChI is InChI=1S/C13H13N3O3S/c17-12(10-11(13(18)19)15-7-14-10)16(9-1-2-9)5-8-3-4-20-6-8/h3-4,6-7,9H,1-2,5H2,(H,14,15)(H,18,19). The largest absolute Gasteiger partial charge is 0.477 e. The van der Waals surface area contributed by atoms with E-state index in [9.17, 15) is 9.59 Å². The summed E-state index contributed by atoms with van der Waals surface area (Å²) in [6.45, 7) is 0.499. The van der Waals surface area contributed by atoms with Crippen molar-refractivity contribution in [3.63, 3.8) is 0 Å². The molecule has 20 heavy (non-hydrogen) atoms. The summed E-state index contributed by atoms with van der Waals surface area (Å²) in [6.07, 6.45) is 3.16. The molecular formula is C13H13N3O3S. The molecule has 0 radical (unpaired) electrons. The van der Waals surface area contributed by atoms with Gasteiger partial charge >= 0.3 is 5.97 Å². The van der Waals surface area contributed by atoms with Gasteiger partial charge < -0.3 is 15.0 Å². The highest BCUT2D eigenvalue weighted by molar-refractivity contribution is 7.07. The van der Waals surface area contributed by atoms with Crippen LogP contribution in [-0.2, 0) is 6.54 Å². The number of aromatic amines is 1. The number of amides is 1. The molecule has 1 fully saturated rings. The zero-order chi connectivity index (χ0) is 14.1. The number of carboxylic acid groups (broad SMARTS) is 1. The summed E-state index contributed by atoms with van der Waals surface area (Å²) < 4.78 is 0. The third kappa shape index (κ3) is 2.44. The first-order chi connectivity index (χ1) is 9.66. The lowest BCUT2D eigenvalue weighted by Crippen LogP contribution is -2.33. The maximum Gasteiger partial charge on any atom is 0.354 e. The van der Waals surface area contributed by atoms with Crippen LogP contribution in [0.25, 0.3) is 0 Å². The van der Waals surface area contributed by atoms with Crippen LogP contribution in [0.2, 0.25) is 0 Å². The monoisotopic (exact) mass is 291 g/mol. The minimum absolute atomic E-state index is 0.0142. The summed E-state index contributed by atoms with van der Waals surface area (Å²) in [5.41, 5.74) is 0.897. The van der Waals surface area contributed by atoms with Gasteiger partial charge in [0, 0.05) is 12.6 Å². The number of carbonyl (C=O) groups excluding carboxylic acids is 1. The molecule has 0 aliphatic heterocycles. The van der Waals surface area contributed by atoms with Crippen molar-refractivity contribution in [3.05, 3.63) is 40.1 Å². The van der Waals surface area contributed by atoms with Crippen molar-refractivity contribution in [2.45, 2.75) is 25.4 Å². The van der Waals surface area contributed by atoms with Gasteiger partial charge in [0.05, 0.1) is 6.33 Å². The third-order valence-corrected chi connectivity index (χ3v) is 3.97. The van der Waals surface area contributed by atoms with E-state index in [0.29, 0.717) is 6.54 Å². The molecule has 1 saturated carbocycles. The predicted molar refractivity (Wildman–Crippen MR) is 72.8 cm³/mol. The summed E-state index contributed by atoms with van der Waals surface area (Å²) in [7, 11) is 0. The molecule has 1 aliphatic carbocycles. The Hall–Kier alpha value is -2.15. The smallest absolute Gasteiger partial charge is 0.354 e. The lowest BCUT2D eigenvalue weighted by atomic mass is 10.2. The molecule has 0 aromatic carbocycles. The molecule has 0 unspecified atom stereocenters. The predicted octanol–water partition coefficient (Wildman–Crippen LogP) is 1.97. The van der Waals surface area contributed by atoms with Gasteiger partial charge in [0.1, 0.15) is 0 Å². The average molecular weight is 291 g/mol. The Morgan fingerprint density at radius 1 is 1.50 bits per heavy atom. The van der Waals surface area contributed by atoms with Crippen LogP contribution in [0.5, 0.6) is 0 Å². The summed E-state index contributed by atoms with van der Waals surface area (Å²) in [6, 6.07) is 2.16. The minimum Gasteiger partial charge on any atom is -0.477 e. The van der Waals surface area contributed by atoms with E-state index in [4.69, 9.17) is 5.11 Å². The first kappa shape index (κ1) is 12.9. The molecule has 2 aromatic heterocycles. The van der Waals surface area contributed by atoms with Crippen LogP contribution in [0, 0.1) is 0 Å². The van der Waals surface area contributed by atoms with Crippen molar-refractivity contribution < 1.29 is 14.7 Å². The van der Waals surface area contributed by atoms with Crippen LogP contribution < -0.4 is 0 Å². The molecule has 2 heterocycles. The molecule has 1 aliphatic rings. The fourth-order valence-electron chi connectivity index (χ4n) is 2.09. The highest BCUT2D eigenvalue weighted by Gasteiger charge is 2.35. The van der Waals surface area contributed by atoms with Crippen LogP contribution in [0.1, 0.15) is 39.4 Å². The zero-order valence-corrected chi connectivity index (χ0v) is 11.4. The number of nitrogens with one attached hydrogen (secondary N) is 1. The number of rotatable bonds is 5. The number of hydrogen-bond donors (Lipinski definition) is 2. The van der Waals surface area contributed by atoms with E-state index in [2.05, 4.69) is 9.97 Å². The van der Waals surface area contributed by atoms with Crippen LogP contribution >= 0.6 is 11.3 Å². The summed E-state index contributed by atoms with van der Waals surface area (Å²) >= 11 is 1.58. The Balaban J connectivity index is 1.85. The summed E-state index contributed by atoms with van der Waals surface area (Å²) in [4.78, 5) is 31.7. The Labute approximate surface area is 119 Å². The molecule has 0 spiro atoms. The van der Waals surface area contributed by atoms with Gasteiger partial charge in [0.2, 0.25) is 0 Å². The summed E-state index contributed by atoms with van der Waals surface area (Å²) in [5.74, 6) is -1.49. The highest BCUT2D eigenvalue weighted by atomic mass is 32.1. The van der Waals surface area contributed by atoms with Crippen LogP contribution in [0.15, 0.2) is 23.2 Å². The van der Waals surface area contributed by atoms with E-state index in [1.54, 1.807) is 16.2 Å². The molecule has 7 heteroatoms. The number of nitrogens with zero attached hydrogens (tertiary/aromatic N) is 2. The number of carboxylic acids is 1. The topological polar surface area (TPSA) is 86.3 Å². The lowest BCUT2D eigenvalue weighted by molar-refractivity contribution is 0.0661. The molecule has 0 bridgehead atoms. The Bertz CT molecular complexity index is 631. The van der Waals surface area contributed by atoms with Crippen LogP contribution in [0.4, 0.5) is 0 Å². The molecule has 0 saturated heterocycles. The van der Waals surface area contributed by atoms with E-state index in [-0.39, 0.29) is 23.3 Å². The van der Waals surface area contributed by atoms with E-state index < -0.39 is 5.97 Å². The number of imidazole rings is 1. The van der Waals surface area contributed by atoms with E-state index in [1.165, 1.54) is 6.33 Å². The highest BCUT2D eigenvalue weighted by Crippen LogP contribution is 2.30. The zero-order valence-electron chi connectivity index (χ0n) is 10.6. The van der Waals surface area contributed by atoms with Crippen molar-refractivity contribution in [1.29, 1.82) is 0 Å². The normalized spacial score (nSPS) is 14.2. The summed E-state index contributed by atoms with van der Waals surface area (Å²) in [5, 5.41) is 13.0. The quantitative estimate of drug-likeness (QED) is 0.882. The maximum absolute atomic E-state index is 12.5. The molecule has 2 aromatic rings. The molecule has 6 nitrogen and oxygen atoms in total. The number of carbonyl (C=O) groups is 2. The van der Waals surface area contributed by atoms with Gasteiger partial charge in [-0.15, -0.1) is 0 Å². The fourth-order valence-corrected chi connectivity index (χ4v) is 2.75. The fraction of sp³-hybridized carbons (Fsp3) is 0.308. The van der Waals surface area contributed by atoms with Crippen molar-refractivity contribution >= 4 is 23.2 Å². The van der Waals surface area contributed by atoms with Crippen molar-refractivity contribution in [2.24, 2.45) is 0 Å². The molecular weight excluding hydrogens is 278 g/mol. The second-order valence-electron chi connectivity index (χ2n) is 4.73. The number of H-pyrrole nitrogens is 1. The first-order valence-electron chi connectivity index (χ1n) is 6.25. The van der Waals surface area contributed by atoms with Gasteiger partial charge in [0.15, 0.2) is 11.4 Å². The Morgan fingerprint density at radius 2 is 2.30 bits per heavy atom. The van der Waals surface area contributed by atoms with Gasteiger partial charge in [-0.25, -0.2) is 9.78 Å². The molecule has 104 valence electrons. The number of hydrogen-bond acceptors (Lipinski definition) is 4. The Morgan fingerprint density at radius 3 is 2.90 bits per heavy atom. The Kier molecular flexibility index (Phi) is 3.27. The molecule has 3 rings (SSSR count). The molecule has 2 N–H and O–H groups in total. The van der Waals surface area contributed by atoms with Crippen LogP contribution in [-0.4, -0.2) is 37.9 Å². The lowest BCUT2D eigenvalue weighted by Gasteiger charge is -2.21. The van der Waals surface area contributed by atoms with E-state index in [1.807, 2.05) is 16.8 Å². The maximum atomic E-state index is 12.5. The second kappa shape index (κ2) is 5.09. The van der Waals surface area contributed by atoms with Gasteiger partial charge in [0.25, 0.3) is 5.91 Å². The van der Waals surface area contributed by atoms with E-state index >= 15 is 0 Å². The third-order valence-electron chi connectivity index (χ3n) is 3.24. The SMILES string of the molecule is O=C(O)c1[nH]cnc1C(=O)N(Cc1ccsc1)C1CC1. The van der Waals surface area contributed by atoms with Gasteiger partial charge in [-0.2, -0.15) is 11.3 Å². The second-order valence-corrected chi connectivity index (χ2v) is 5.51. The van der Waals surface area contributed by atoms with Gasteiger partial charge in [-0.3, -0.25) is 4.79 Å². The van der Waals surface area contributed by atoms with Crippen molar-refractivity contribution in [3.8, 4) is 0 Å². The number of aromatic carboxylic acids is 1. The van der Waals surface area contributed by atoms with Crippen molar-refractivity contribution in [1.82, 2.24) is 14.9 Å². The van der Waals surface area contributed by atoms with Crippen LogP contribution in [0.3, 0.4) is 0 Å². The number of aromatic nitrogens is 2. The molecule has 0 atom stereocenters.